The Morgan fingerprint density at radius 2 is 2.07 bits per heavy atom. The van der Waals surface area contributed by atoms with Gasteiger partial charge in [-0.05, 0) is 24.5 Å². The van der Waals surface area contributed by atoms with Crippen molar-refractivity contribution in [2.45, 2.75) is 26.7 Å². The van der Waals surface area contributed by atoms with Gasteiger partial charge in [-0.3, -0.25) is 0 Å². The minimum atomic E-state index is 0.512. The van der Waals surface area contributed by atoms with E-state index in [0.29, 0.717) is 5.92 Å². The topological polar surface area (TPSA) is 54.9 Å². The van der Waals surface area contributed by atoms with Gasteiger partial charge in [-0.2, -0.15) is 5.10 Å². The molecule has 1 rings (SSSR count). The highest BCUT2D eigenvalue weighted by atomic mass is 16.1. The monoisotopic (exact) mass is 195 g/mol. The standard InChI is InChI=1S/C8H13N3.C2H4O/c1-6(2)7-4-8(9-3)11-10-5-7;1-2-3/h4-6H,1-3H3,(H,9,11);2H,1H3. The second kappa shape index (κ2) is 7.00. The Labute approximate surface area is 84.7 Å². The SMILES string of the molecule is CC=O.CNc1cc(C(C)C)cnn1. The summed E-state index contributed by atoms with van der Waals surface area (Å²) < 4.78 is 0. The zero-order chi connectivity index (χ0) is 11.0. The molecule has 0 saturated carbocycles. The van der Waals surface area contributed by atoms with E-state index >= 15 is 0 Å². The predicted molar refractivity (Wildman–Crippen MR) is 57.4 cm³/mol. The third-order valence-corrected chi connectivity index (χ3v) is 1.60. The molecule has 1 aromatic rings. The van der Waals surface area contributed by atoms with E-state index in [4.69, 9.17) is 4.79 Å². The molecule has 0 saturated heterocycles. The highest BCUT2D eigenvalue weighted by Gasteiger charge is 1.99. The van der Waals surface area contributed by atoms with E-state index in [0.717, 1.165) is 12.1 Å². The van der Waals surface area contributed by atoms with E-state index in [1.54, 1.807) is 6.20 Å². The van der Waals surface area contributed by atoms with Crippen LogP contribution in [0.15, 0.2) is 12.3 Å². The van der Waals surface area contributed by atoms with Gasteiger partial charge in [0, 0.05) is 7.05 Å². The largest absolute Gasteiger partial charge is 0.372 e. The first-order valence-electron chi connectivity index (χ1n) is 4.55. The first-order valence-corrected chi connectivity index (χ1v) is 4.55. The zero-order valence-corrected chi connectivity index (χ0v) is 9.11. The summed E-state index contributed by atoms with van der Waals surface area (Å²) in [4.78, 5) is 8.81. The molecule has 0 bridgehead atoms. The lowest BCUT2D eigenvalue weighted by molar-refractivity contribution is -0.106. The molecule has 0 aliphatic rings. The van der Waals surface area contributed by atoms with E-state index in [1.165, 1.54) is 12.5 Å². The van der Waals surface area contributed by atoms with Crippen molar-refractivity contribution in [2.75, 3.05) is 12.4 Å². The van der Waals surface area contributed by atoms with Gasteiger partial charge in [-0.15, -0.1) is 5.10 Å². The lowest BCUT2D eigenvalue weighted by Gasteiger charge is -2.04. The molecule has 0 fully saturated rings. The van der Waals surface area contributed by atoms with E-state index in [2.05, 4.69) is 29.4 Å². The van der Waals surface area contributed by atoms with Crippen molar-refractivity contribution < 1.29 is 4.79 Å². The van der Waals surface area contributed by atoms with Crippen molar-refractivity contribution in [1.29, 1.82) is 0 Å². The minimum absolute atomic E-state index is 0.512. The third kappa shape index (κ3) is 4.54. The van der Waals surface area contributed by atoms with E-state index in [-0.39, 0.29) is 0 Å². The molecular weight excluding hydrogens is 178 g/mol. The van der Waals surface area contributed by atoms with Crippen LogP contribution in [0.5, 0.6) is 0 Å². The maximum absolute atomic E-state index is 8.81. The van der Waals surface area contributed by atoms with Gasteiger partial charge in [-0.1, -0.05) is 13.8 Å². The predicted octanol–water partition coefficient (Wildman–Crippen LogP) is 1.85. The highest BCUT2D eigenvalue weighted by molar-refractivity contribution is 5.44. The van der Waals surface area contributed by atoms with Crippen LogP contribution in [-0.4, -0.2) is 23.5 Å². The number of nitrogens with zero attached hydrogens (tertiary/aromatic N) is 2. The van der Waals surface area contributed by atoms with Gasteiger partial charge in [0.15, 0.2) is 0 Å². The average Bonchev–Trinajstić information content (AvgIpc) is 2.19. The van der Waals surface area contributed by atoms with Crippen LogP contribution in [0.2, 0.25) is 0 Å². The number of aldehydes is 1. The molecule has 4 nitrogen and oxygen atoms in total. The van der Waals surface area contributed by atoms with Crippen molar-refractivity contribution in [3.63, 3.8) is 0 Å². The summed E-state index contributed by atoms with van der Waals surface area (Å²) in [6.45, 7) is 5.72. The van der Waals surface area contributed by atoms with E-state index < -0.39 is 0 Å². The molecule has 0 aliphatic heterocycles. The first-order chi connectivity index (χ1) is 6.65. The number of rotatable bonds is 2. The lowest BCUT2D eigenvalue weighted by Crippen LogP contribution is -1.97. The Bertz CT molecular complexity index is 274. The van der Waals surface area contributed by atoms with Crippen molar-refractivity contribution in [3.8, 4) is 0 Å². The molecule has 0 atom stereocenters. The molecule has 1 N–H and O–H groups in total. The molecule has 4 heteroatoms. The van der Waals surface area contributed by atoms with Gasteiger partial charge in [0.2, 0.25) is 0 Å². The van der Waals surface area contributed by atoms with Crippen LogP contribution >= 0.6 is 0 Å². The lowest BCUT2D eigenvalue weighted by atomic mass is 10.1. The van der Waals surface area contributed by atoms with Crippen LogP contribution in [0.25, 0.3) is 0 Å². The molecular formula is C10H17N3O. The van der Waals surface area contributed by atoms with Crippen molar-refractivity contribution in [1.82, 2.24) is 10.2 Å². The van der Waals surface area contributed by atoms with Crippen LogP contribution in [0.4, 0.5) is 5.82 Å². The molecule has 78 valence electrons. The molecule has 0 aromatic carbocycles. The quantitative estimate of drug-likeness (QED) is 0.732. The third-order valence-electron chi connectivity index (χ3n) is 1.60. The van der Waals surface area contributed by atoms with E-state index in [9.17, 15) is 0 Å². The number of hydrogen-bond acceptors (Lipinski definition) is 4. The van der Waals surface area contributed by atoms with Crippen molar-refractivity contribution in [2.24, 2.45) is 0 Å². The molecule has 0 aliphatic carbocycles. The smallest absolute Gasteiger partial charge is 0.148 e. The fourth-order valence-corrected chi connectivity index (χ4v) is 0.820. The molecule has 0 radical (unpaired) electrons. The molecule has 0 amide bonds. The number of carbonyl (C=O) groups excluding carboxylic acids is 1. The minimum Gasteiger partial charge on any atom is -0.372 e. The summed E-state index contributed by atoms with van der Waals surface area (Å²) in [5.74, 6) is 1.34. The van der Waals surface area contributed by atoms with Gasteiger partial charge in [0.25, 0.3) is 0 Å². The van der Waals surface area contributed by atoms with Crippen LogP contribution in [0.1, 0.15) is 32.3 Å². The Kier molecular flexibility index (Phi) is 6.28. The Hall–Kier alpha value is -1.45. The number of carbonyl (C=O) groups is 1. The maximum Gasteiger partial charge on any atom is 0.148 e. The molecule has 0 spiro atoms. The zero-order valence-electron chi connectivity index (χ0n) is 9.11. The summed E-state index contributed by atoms with van der Waals surface area (Å²) in [6.07, 6.45) is 2.55. The Morgan fingerprint density at radius 1 is 1.50 bits per heavy atom. The van der Waals surface area contributed by atoms with E-state index in [1.807, 2.05) is 13.1 Å². The van der Waals surface area contributed by atoms with Gasteiger partial charge in [0.05, 0.1) is 6.20 Å². The van der Waals surface area contributed by atoms with Crippen LogP contribution in [0, 0.1) is 0 Å². The van der Waals surface area contributed by atoms with Gasteiger partial charge < -0.3 is 10.1 Å². The van der Waals surface area contributed by atoms with Crippen LogP contribution in [-0.2, 0) is 4.79 Å². The maximum atomic E-state index is 8.81. The fraction of sp³-hybridized carbons (Fsp3) is 0.500. The number of aromatic nitrogens is 2. The second-order valence-corrected chi connectivity index (χ2v) is 3.01. The average molecular weight is 195 g/mol. The van der Waals surface area contributed by atoms with Crippen molar-refractivity contribution in [3.05, 3.63) is 17.8 Å². The number of anilines is 1. The van der Waals surface area contributed by atoms with Crippen molar-refractivity contribution >= 4 is 12.1 Å². The fourth-order valence-electron chi connectivity index (χ4n) is 0.820. The van der Waals surface area contributed by atoms with Crippen LogP contribution < -0.4 is 5.32 Å². The first kappa shape index (κ1) is 12.6. The summed E-state index contributed by atoms with van der Waals surface area (Å²) >= 11 is 0. The molecule has 14 heavy (non-hydrogen) atoms. The normalized spacial score (nSPS) is 8.93. The number of hydrogen-bond donors (Lipinski definition) is 1. The van der Waals surface area contributed by atoms with Crippen LogP contribution in [0.3, 0.4) is 0 Å². The highest BCUT2D eigenvalue weighted by Crippen LogP contribution is 2.14. The second-order valence-electron chi connectivity index (χ2n) is 3.01. The summed E-state index contributed by atoms with van der Waals surface area (Å²) in [6, 6.07) is 2.01. The molecule has 1 heterocycles. The Balaban J connectivity index is 0.000000500. The number of nitrogens with one attached hydrogen (secondary N) is 1. The van der Waals surface area contributed by atoms with Gasteiger partial charge >= 0.3 is 0 Å². The summed E-state index contributed by atoms with van der Waals surface area (Å²) in [7, 11) is 1.84. The summed E-state index contributed by atoms with van der Waals surface area (Å²) in [5, 5.41) is 10.7. The molecule has 0 unspecified atom stereocenters. The molecule has 1 aromatic heterocycles. The van der Waals surface area contributed by atoms with Gasteiger partial charge in [0.1, 0.15) is 12.1 Å². The Morgan fingerprint density at radius 3 is 2.50 bits per heavy atom. The van der Waals surface area contributed by atoms with Gasteiger partial charge in [-0.25, -0.2) is 0 Å². The summed E-state index contributed by atoms with van der Waals surface area (Å²) in [5.41, 5.74) is 1.21.